The van der Waals surface area contributed by atoms with Gasteiger partial charge in [-0.2, -0.15) is 0 Å². The highest BCUT2D eigenvalue weighted by molar-refractivity contribution is 7.14. The number of rotatable bonds is 3. The summed E-state index contributed by atoms with van der Waals surface area (Å²) in [6.07, 6.45) is 4.70. The van der Waals surface area contributed by atoms with Crippen molar-refractivity contribution in [2.75, 3.05) is 39.9 Å². The molecule has 4 rings (SSSR count). The molecule has 0 bridgehead atoms. The molecule has 25 heavy (non-hydrogen) atoms. The van der Waals surface area contributed by atoms with Gasteiger partial charge >= 0.3 is 0 Å². The minimum Gasteiger partial charge on any atom is -0.495 e. The number of amides is 2. The van der Waals surface area contributed by atoms with E-state index in [9.17, 15) is 9.59 Å². The van der Waals surface area contributed by atoms with Gasteiger partial charge in [-0.25, -0.2) is 0 Å². The molecule has 2 fully saturated rings. The van der Waals surface area contributed by atoms with E-state index in [1.165, 1.54) is 10.4 Å². The van der Waals surface area contributed by atoms with E-state index < -0.39 is 0 Å². The van der Waals surface area contributed by atoms with E-state index in [1.54, 1.807) is 18.4 Å². The molecule has 0 N–H and O–H groups in total. The number of piperazine rings is 1. The third-order valence-electron chi connectivity index (χ3n) is 5.35. The van der Waals surface area contributed by atoms with E-state index in [-0.39, 0.29) is 17.9 Å². The fourth-order valence-corrected chi connectivity index (χ4v) is 5.31. The molecule has 1 aliphatic carbocycles. The summed E-state index contributed by atoms with van der Waals surface area (Å²) in [5.74, 6) is 0.901. The summed E-state index contributed by atoms with van der Waals surface area (Å²) in [6.45, 7) is 2.99. The first-order chi connectivity index (χ1) is 12.2. The maximum Gasteiger partial charge on any atom is 0.267 e. The lowest BCUT2D eigenvalue weighted by atomic mass is 10.2. The van der Waals surface area contributed by atoms with Gasteiger partial charge in [-0.15, -0.1) is 11.3 Å². The predicted octanol–water partition coefficient (Wildman–Crippen LogP) is 1.71. The Balaban J connectivity index is 1.41. The molecule has 0 aromatic carbocycles. The highest BCUT2D eigenvalue weighted by atomic mass is 32.1. The molecule has 7 heteroatoms. The Bertz CT molecular complexity index is 673. The van der Waals surface area contributed by atoms with Crippen molar-refractivity contribution in [3.63, 3.8) is 0 Å². The largest absolute Gasteiger partial charge is 0.495 e. The Kier molecular flexibility index (Phi) is 4.69. The van der Waals surface area contributed by atoms with Gasteiger partial charge in [0.05, 0.1) is 7.11 Å². The minimum atomic E-state index is -0.275. The zero-order valence-electron chi connectivity index (χ0n) is 14.6. The van der Waals surface area contributed by atoms with Gasteiger partial charge in [0.15, 0.2) is 0 Å². The summed E-state index contributed by atoms with van der Waals surface area (Å²) in [5.41, 5.74) is 1.23. The van der Waals surface area contributed by atoms with Crippen molar-refractivity contribution in [1.82, 2.24) is 9.80 Å². The van der Waals surface area contributed by atoms with Crippen LogP contribution in [0.1, 0.15) is 39.4 Å². The van der Waals surface area contributed by atoms with E-state index >= 15 is 0 Å². The van der Waals surface area contributed by atoms with Crippen molar-refractivity contribution in [2.45, 2.75) is 38.2 Å². The number of methoxy groups -OCH3 is 1. The molecule has 1 atom stereocenters. The van der Waals surface area contributed by atoms with E-state index in [4.69, 9.17) is 9.47 Å². The molecular formula is C18H24N2O4S. The Morgan fingerprint density at radius 3 is 2.56 bits per heavy atom. The Morgan fingerprint density at radius 1 is 1.12 bits per heavy atom. The minimum absolute atomic E-state index is 0.0421. The van der Waals surface area contributed by atoms with Gasteiger partial charge in [-0.05, 0) is 32.1 Å². The van der Waals surface area contributed by atoms with Gasteiger partial charge in [-0.1, -0.05) is 0 Å². The lowest BCUT2D eigenvalue weighted by Crippen LogP contribution is -2.52. The molecule has 136 valence electrons. The van der Waals surface area contributed by atoms with Crippen molar-refractivity contribution in [1.29, 1.82) is 0 Å². The fraction of sp³-hybridized carbons (Fsp3) is 0.667. The fourth-order valence-electron chi connectivity index (χ4n) is 3.98. The van der Waals surface area contributed by atoms with Crippen LogP contribution in [0.2, 0.25) is 0 Å². The van der Waals surface area contributed by atoms with Crippen molar-refractivity contribution >= 4 is 23.2 Å². The van der Waals surface area contributed by atoms with Gasteiger partial charge < -0.3 is 19.3 Å². The Hall–Kier alpha value is -1.60. The average molecular weight is 364 g/mol. The number of hydrogen-bond donors (Lipinski definition) is 0. The number of carbonyl (C=O) groups is 2. The SMILES string of the molecule is COc1c(C(=O)N2CCN(C(=O)C3CCCO3)CC2)sc2c1CCC2. The van der Waals surface area contributed by atoms with Crippen molar-refractivity contribution in [3.8, 4) is 5.75 Å². The maximum atomic E-state index is 12.9. The monoisotopic (exact) mass is 364 g/mol. The number of hydrogen-bond acceptors (Lipinski definition) is 5. The lowest BCUT2D eigenvalue weighted by molar-refractivity contribution is -0.142. The third kappa shape index (κ3) is 3.04. The number of thiophene rings is 1. The molecule has 1 unspecified atom stereocenters. The van der Waals surface area contributed by atoms with Gasteiger partial charge in [0.2, 0.25) is 0 Å². The lowest BCUT2D eigenvalue weighted by Gasteiger charge is -2.35. The van der Waals surface area contributed by atoms with Crippen LogP contribution in [0.25, 0.3) is 0 Å². The zero-order valence-corrected chi connectivity index (χ0v) is 15.4. The van der Waals surface area contributed by atoms with Gasteiger partial charge in [0, 0.05) is 43.2 Å². The van der Waals surface area contributed by atoms with Crippen LogP contribution in [0, 0.1) is 0 Å². The summed E-state index contributed by atoms with van der Waals surface area (Å²) in [4.78, 5) is 31.1. The highest BCUT2D eigenvalue weighted by Crippen LogP contribution is 2.41. The van der Waals surface area contributed by atoms with Crippen LogP contribution < -0.4 is 4.74 Å². The van der Waals surface area contributed by atoms with Crippen molar-refractivity contribution in [2.24, 2.45) is 0 Å². The number of nitrogens with zero attached hydrogens (tertiary/aromatic N) is 2. The van der Waals surface area contributed by atoms with E-state index in [1.807, 2.05) is 9.80 Å². The molecule has 3 heterocycles. The van der Waals surface area contributed by atoms with Crippen molar-refractivity contribution in [3.05, 3.63) is 15.3 Å². The van der Waals surface area contributed by atoms with E-state index in [0.717, 1.165) is 42.7 Å². The summed E-state index contributed by atoms with van der Waals surface area (Å²) in [7, 11) is 1.65. The first kappa shape index (κ1) is 16.8. The number of fused-ring (bicyclic) bond motifs is 1. The Morgan fingerprint density at radius 2 is 1.88 bits per heavy atom. The van der Waals surface area contributed by atoms with Crippen LogP contribution in [0.3, 0.4) is 0 Å². The van der Waals surface area contributed by atoms with Crippen LogP contribution in [0.15, 0.2) is 0 Å². The quantitative estimate of drug-likeness (QED) is 0.819. The second kappa shape index (κ2) is 6.96. The summed E-state index contributed by atoms with van der Waals surface area (Å²) in [6, 6.07) is 0. The van der Waals surface area contributed by atoms with Crippen LogP contribution in [0.5, 0.6) is 5.75 Å². The number of carbonyl (C=O) groups excluding carboxylic acids is 2. The molecular weight excluding hydrogens is 340 g/mol. The standard InChI is InChI=1S/C18H24N2O4S/c1-23-15-12-4-2-6-14(12)25-16(15)18(22)20-9-7-19(8-10-20)17(21)13-5-3-11-24-13/h13H,2-11H2,1H3. The first-order valence-corrected chi connectivity index (χ1v) is 9.89. The predicted molar refractivity (Wildman–Crippen MR) is 94.4 cm³/mol. The molecule has 0 saturated carbocycles. The van der Waals surface area contributed by atoms with Crippen molar-refractivity contribution < 1.29 is 19.1 Å². The molecule has 2 amide bonds. The molecule has 2 aliphatic heterocycles. The Labute approximate surface area is 151 Å². The highest BCUT2D eigenvalue weighted by Gasteiger charge is 2.34. The number of aryl methyl sites for hydroxylation is 1. The summed E-state index contributed by atoms with van der Waals surface area (Å²) < 4.78 is 11.0. The molecule has 3 aliphatic rings. The molecule has 0 spiro atoms. The van der Waals surface area contributed by atoms with Gasteiger partial charge in [-0.3, -0.25) is 9.59 Å². The molecule has 1 aromatic heterocycles. The van der Waals surface area contributed by atoms with Crippen LogP contribution in [-0.2, 0) is 22.4 Å². The van der Waals surface area contributed by atoms with E-state index in [2.05, 4.69) is 0 Å². The third-order valence-corrected chi connectivity index (χ3v) is 6.62. The second-order valence-corrected chi connectivity index (χ2v) is 7.94. The summed E-state index contributed by atoms with van der Waals surface area (Å²) >= 11 is 1.59. The smallest absolute Gasteiger partial charge is 0.267 e. The summed E-state index contributed by atoms with van der Waals surface area (Å²) in [5, 5.41) is 0. The maximum absolute atomic E-state index is 12.9. The van der Waals surface area contributed by atoms with Gasteiger partial charge in [0.1, 0.15) is 16.7 Å². The second-order valence-electron chi connectivity index (χ2n) is 6.84. The van der Waals surface area contributed by atoms with Gasteiger partial charge in [0.25, 0.3) is 11.8 Å². The molecule has 1 aromatic rings. The molecule has 0 radical (unpaired) electrons. The van der Waals surface area contributed by atoms with Crippen LogP contribution in [0.4, 0.5) is 0 Å². The topological polar surface area (TPSA) is 59.1 Å². The van der Waals surface area contributed by atoms with Crippen LogP contribution in [-0.4, -0.2) is 67.6 Å². The zero-order chi connectivity index (χ0) is 17.4. The van der Waals surface area contributed by atoms with E-state index in [0.29, 0.717) is 32.8 Å². The first-order valence-electron chi connectivity index (χ1n) is 9.07. The molecule has 2 saturated heterocycles. The molecule has 6 nitrogen and oxygen atoms in total. The van der Waals surface area contributed by atoms with Crippen LogP contribution >= 0.6 is 11.3 Å². The average Bonchev–Trinajstić information content (AvgIpc) is 3.37. The number of ether oxygens (including phenoxy) is 2. The normalized spacial score (nSPS) is 23.0.